The van der Waals surface area contributed by atoms with Gasteiger partial charge in [0.15, 0.2) is 11.5 Å². The lowest BCUT2D eigenvalue weighted by molar-refractivity contribution is 0.0726. The van der Waals surface area contributed by atoms with Crippen molar-refractivity contribution in [2.45, 2.75) is 26.2 Å². The van der Waals surface area contributed by atoms with Crippen molar-refractivity contribution in [2.24, 2.45) is 5.10 Å². The molecule has 0 saturated heterocycles. The Kier molecular flexibility index (Phi) is 7.68. The van der Waals surface area contributed by atoms with Crippen molar-refractivity contribution in [3.8, 4) is 17.2 Å². The van der Waals surface area contributed by atoms with E-state index in [-0.39, 0.29) is 17.1 Å². The minimum Gasteiger partial charge on any atom is -0.496 e. The van der Waals surface area contributed by atoms with Crippen LogP contribution in [0.3, 0.4) is 0 Å². The molecule has 0 radical (unpaired) electrons. The summed E-state index contributed by atoms with van der Waals surface area (Å²) in [6.45, 7) is 6.35. The summed E-state index contributed by atoms with van der Waals surface area (Å²) >= 11 is 0. The van der Waals surface area contributed by atoms with Crippen LogP contribution >= 0.6 is 0 Å². The second-order valence-corrected chi connectivity index (χ2v) is 8.53. The summed E-state index contributed by atoms with van der Waals surface area (Å²) in [7, 11) is 2.96. The maximum atomic E-state index is 12.6. The number of rotatable bonds is 7. The number of hydrogen-bond donors (Lipinski definition) is 1. The molecule has 0 heterocycles. The highest BCUT2D eigenvalue weighted by atomic mass is 16.6. The number of hydrogen-bond acceptors (Lipinski definition) is 6. The summed E-state index contributed by atoms with van der Waals surface area (Å²) in [4.78, 5) is 24.9. The number of benzene rings is 3. The summed E-state index contributed by atoms with van der Waals surface area (Å²) in [6, 6.07) is 19.2. The predicted octanol–water partition coefficient (Wildman–Crippen LogP) is 4.98. The molecule has 0 saturated carbocycles. The van der Waals surface area contributed by atoms with E-state index in [0.717, 1.165) is 5.56 Å². The van der Waals surface area contributed by atoms with Crippen LogP contribution in [0.2, 0.25) is 0 Å². The van der Waals surface area contributed by atoms with Crippen LogP contribution in [0.4, 0.5) is 0 Å². The Bertz CT molecular complexity index is 1190. The zero-order valence-corrected chi connectivity index (χ0v) is 19.9. The first-order valence-corrected chi connectivity index (χ1v) is 10.7. The molecule has 34 heavy (non-hydrogen) atoms. The Morgan fingerprint density at radius 3 is 2.18 bits per heavy atom. The lowest BCUT2D eigenvalue weighted by Gasteiger charge is -2.18. The van der Waals surface area contributed by atoms with Crippen molar-refractivity contribution in [1.82, 2.24) is 5.43 Å². The van der Waals surface area contributed by atoms with Crippen molar-refractivity contribution >= 4 is 18.1 Å². The van der Waals surface area contributed by atoms with E-state index in [4.69, 9.17) is 14.2 Å². The van der Waals surface area contributed by atoms with E-state index in [0.29, 0.717) is 28.2 Å². The number of nitrogens with one attached hydrogen (secondary N) is 1. The molecule has 0 aromatic heterocycles. The van der Waals surface area contributed by atoms with Crippen LogP contribution in [0.25, 0.3) is 0 Å². The molecular weight excluding hydrogens is 432 g/mol. The van der Waals surface area contributed by atoms with Crippen LogP contribution in [0.15, 0.2) is 71.8 Å². The quantitative estimate of drug-likeness (QED) is 0.232. The molecule has 7 heteroatoms. The monoisotopic (exact) mass is 460 g/mol. The van der Waals surface area contributed by atoms with Crippen molar-refractivity contribution in [2.75, 3.05) is 14.2 Å². The summed E-state index contributed by atoms with van der Waals surface area (Å²) in [5, 5.41) is 4.02. The third kappa shape index (κ3) is 6.01. The van der Waals surface area contributed by atoms with E-state index in [2.05, 4.69) is 31.3 Å². The molecule has 0 fully saturated rings. The number of esters is 1. The lowest BCUT2D eigenvalue weighted by atomic mass is 9.87. The molecule has 176 valence electrons. The van der Waals surface area contributed by atoms with Gasteiger partial charge in [-0.05, 0) is 59.0 Å². The summed E-state index contributed by atoms with van der Waals surface area (Å²) in [6.07, 6.45) is 1.48. The average molecular weight is 461 g/mol. The van der Waals surface area contributed by atoms with E-state index >= 15 is 0 Å². The molecule has 0 unspecified atom stereocenters. The Morgan fingerprint density at radius 2 is 1.53 bits per heavy atom. The fourth-order valence-electron chi connectivity index (χ4n) is 3.17. The molecule has 0 aliphatic rings. The largest absolute Gasteiger partial charge is 0.496 e. The highest BCUT2D eigenvalue weighted by Crippen LogP contribution is 2.29. The summed E-state index contributed by atoms with van der Waals surface area (Å²) in [5.41, 5.74) is 5.14. The maximum Gasteiger partial charge on any atom is 0.347 e. The first kappa shape index (κ1) is 24.5. The smallest absolute Gasteiger partial charge is 0.347 e. The zero-order chi connectivity index (χ0) is 24.7. The number of amides is 1. The van der Waals surface area contributed by atoms with Crippen LogP contribution in [0.1, 0.15) is 52.6 Å². The highest BCUT2D eigenvalue weighted by Gasteiger charge is 2.17. The van der Waals surface area contributed by atoms with Gasteiger partial charge in [-0.1, -0.05) is 45.0 Å². The molecule has 0 atom stereocenters. The molecule has 0 bridgehead atoms. The Labute approximate surface area is 199 Å². The Balaban J connectivity index is 1.67. The molecule has 3 aromatic rings. The molecule has 1 N–H and O–H groups in total. The number of carbonyl (C=O) groups excluding carboxylic acids is 2. The standard InChI is InChI=1S/C27H28N2O5/c1-27(2,3)20-13-11-19(12-14-20)25(30)29-28-17-18-10-15-23(24(16-18)33-5)34-26(31)21-8-6-7-9-22(21)32-4/h6-17H,1-5H3,(H,29,30)/b28-17-. The van der Waals surface area contributed by atoms with Gasteiger partial charge in [0.05, 0.1) is 20.4 Å². The second kappa shape index (κ2) is 10.7. The molecule has 7 nitrogen and oxygen atoms in total. The first-order valence-electron chi connectivity index (χ1n) is 10.7. The summed E-state index contributed by atoms with van der Waals surface area (Å²) in [5.74, 6) is 0.127. The van der Waals surface area contributed by atoms with Crippen LogP contribution < -0.4 is 19.6 Å². The number of nitrogens with zero attached hydrogens (tertiary/aromatic N) is 1. The molecule has 1 amide bonds. The summed E-state index contributed by atoms with van der Waals surface area (Å²) < 4.78 is 16.1. The average Bonchev–Trinajstić information content (AvgIpc) is 2.84. The predicted molar refractivity (Wildman–Crippen MR) is 131 cm³/mol. The van der Waals surface area contributed by atoms with Crippen molar-refractivity contribution in [3.63, 3.8) is 0 Å². The molecule has 0 aliphatic heterocycles. The van der Waals surface area contributed by atoms with Gasteiger partial charge >= 0.3 is 5.97 Å². The molecule has 0 spiro atoms. The van der Waals surface area contributed by atoms with E-state index in [1.54, 1.807) is 54.6 Å². The Morgan fingerprint density at radius 1 is 0.853 bits per heavy atom. The fourth-order valence-corrected chi connectivity index (χ4v) is 3.17. The van der Waals surface area contributed by atoms with E-state index in [1.807, 2.05) is 12.1 Å². The number of carbonyl (C=O) groups is 2. The normalized spacial score (nSPS) is 11.2. The van der Waals surface area contributed by atoms with E-state index in [1.165, 1.54) is 20.4 Å². The number of hydrazone groups is 1. The number of methoxy groups -OCH3 is 2. The minimum absolute atomic E-state index is 0.0138. The van der Waals surface area contributed by atoms with Gasteiger partial charge in [-0.25, -0.2) is 10.2 Å². The molecular formula is C27H28N2O5. The van der Waals surface area contributed by atoms with Gasteiger partial charge < -0.3 is 14.2 Å². The topological polar surface area (TPSA) is 86.2 Å². The third-order valence-corrected chi connectivity index (χ3v) is 5.11. The maximum absolute atomic E-state index is 12.6. The fraction of sp³-hybridized carbons (Fsp3) is 0.222. The second-order valence-electron chi connectivity index (χ2n) is 8.53. The van der Waals surface area contributed by atoms with Gasteiger partial charge in [-0.3, -0.25) is 4.79 Å². The van der Waals surface area contributed by atoms with E-state index in [9.17, 15) is 9.59 Å². The highest BCUT2D eigenvalue weighted by molar-refractivity contribution is 5.95. The SMILES string of the molecule is COc1cc(/C=N\NC(=O)c2ccc(C(C)(C)C)cc2)ccc1OC(=O)c1ccccc1OC. The first-order chi connectivity index (χ1) is 16.2. The van der Waals surface area contributed by atoms with Crippen LogP contribution in [0.5, 0.6) is 17.2 Å². The number of ether oxygens (including phenoxy) is 3. The van der Waals surface area contributed by atoms with Crippen molar-refractivity contribution in [3.05, 3.63) is 89.0 Å². The van der Waals surface area contributed by atoms with Gasteiger partial charge in [0.1, 0.15) is 11.3 Å². The van der Waals surface area contributed by atoms with Gasteiger partial charge in [0.25, 0.3) is 5.91 Å². The van der Waals surface area contributed by atoms with Crippen molar-refractivity contribution < 1.29 is 23.8 Å². The zero-order valence-electron chi connectivity index (χ0n) is 19.9. The van der Waals surface area contributed by atoms with Crippen molar-refractivity contribution in [1.29, 1.82) is 0 Å². The van der Waals surface area contributed by atoms with E-state index < -0.39 is 5.97 Å². The molecule has 0 aliphatic carbocycles. The third-order valence-electron chi connectivity index (χ3n) is 5.11. The van der Waals surface area contributed by atoms with Gasteiger partial charge in [-0.2, -0.15) is 5.10 Å². The van der Waals surface area contributed by atoms with Crippen LogP contribution in [-0.2, 0) is 5.41 Å². The van der Waals surface area contributed by atoms with Crippen LogP contribution in [-0.4, -0.2) is 32.3 Å². The van der Waals surface area contributed by atoms with Crippen LogP contribution in [0, 0.1) is 0 Å². The van der Waals surface area contributed by atoms with Gasteiger partial charge in [0, 0.05) is 5.56 Å². The Hall–Kier alpha value is -4.13. The van der Waals surface area contributed by atoms with Gasteiger partial charge in [-0.15, -0.1) is 0 Å². The number of para-hydroxylation sites is 1. The lowest BCUT2D eigenvalue weighted by Crippen LogP contribution is -2.18. The molecule has 3 aromatic carbocycles. The molecule has 3 rings (SSSR count). The van der Waals surface area contributed by atoms with Gasteiger partial charge in [0.2, 0.25) is 0 Å². The minimum atomic E-state index is -0.568.